The van der Waals surface area contributed by atoms with Gasteiger partial charge in [-0.3, -0.25) is 4.98 Å². The van der Waals surface area contributed by atoms with Crippen LogP contribution >= 0.6 is 0 Å². The molecule has 1 aromatic carbocycles. The minimum absolute atomic E-state index is 0.612. The molecule has 0 aliphatic heterocycles. The third-order valence-corrected chi connectivity index (χ3v) is 4.43. The summed E-state index contributed by atoms with van der Waals surface area (Å²) in [6.45, 7) is 4.75. The summed E-state index contributed by atoms with van der Waals surface area (Å²) in [5.74, 6) is 0.612. The summed E-state index contributed by atoms with van der Waals surface area (Å²) < 4.78 is 38.0. The second kappa shape index (κ2) is 9.69. The normalized spacial score (nSPS) is 13.0. The standard InChI is InChI=1S/C20H26F3N3/c1-3-15(11-12-24-2)13-25-14-18-5-4-6-19(26-18)16-7-9-17(10-8-16)20(21,22)23/h4-10,15,24-25H,3,11-14H2,1-2H3. The third kappa shape index (κ3) is 6.11. The number of benzene rings is 1. The van der Waals surface area contributed by atoms with E-state index >= 15 is 0 Å². The van der Waals surface area contributed by atoms with E-state index in [1.54, 1.807) is 0 Å². The number of pyridine rings is 1. The Morgan fingerprint density at radius 3 is 2.42 bits per heavy atom. The molecule has 0 saturated carbocycles. The molecule has 1 heterocycles. The van der Waals surface area contributed by atoms with Gasteiger partial charge in [0.2, 0.25) is 0 Å². The van der Waals surface area contributed by atoms with Crippen molar-refractivity contribution < 1.29 is 13.2 Å². The number of nitrogens with zero attached hydrogens (tertiary/aromatic N) is 1. The van der Waals surface area contributed by atoms with Gasteiger partial charge in [0.05, 0.1) is 17.0 Å². The number of hydrogen-bond donors (Lipinski definition) is 2. The number of hydrogen-bond acceptors (Lipinski definition) is 3. The molecule has 3 nitrogen and oxygen atoms in total. The molecule has 0 bridgehead atoms. The first-order valence-electron chi connectivity index (χ1n) is 8.93. The quantitative estimate of drug-likeness (QED) is 0.687. The lowest BCUT2D eigenvalue weighted by atomic mass is 10.0. The molecular weight excluding hydrogens is 339 g/mol. The summed E-state index contributed by atoms with van der Waals surface area (Å²) in [6.07, 6.45) is -2.08. The molecule has 1 aromatic heterocycles. The Hall–Kier alpha value is -1.92. The molecule has 2 rings (SSSR count). The van der Waals surface area contributed by atoms with E-state index in [2.05, 4.69) is 22.5 Å². The van der Waals surface area contributed by atoms with Crippen LogP contribution in [0.2, 0.25) is 0 Å². The molecule has 0 spiro atoms. The summed E-state index contributed by atoms with van der Waals surface area (Å²) in [5.41, 5.74) is 1.60. The number of alkyl halides is 3. The van der Waals surface area contributed by atoms with Crippen LogP contribution in [0.3, 0.4) is 0 Å². The van der Waals surface area contributed by atoms with Crippen molar-refractivity contribution in [3.05, 3.63) is 53.7 Å². The second-order valence-corrected chi connectivity index (χ2v) is 6.39. The average Bonchev–Trinajstić information content (AvgIpc) is 2.64. The number of nitrogens with one attached hydrogen (secondary N) is 2. The molecule has 0 saturated heterocycles. The van der Waals surface area contributed by atoms with Gasteiger partial charge in [-0.05, 0) is 56.7 Å². The van der Waals surface area contributed by atoms with Gasteiger partial charge in [0.25, 0.3) is 0 Å². The minimum Gasteiger partial charge on any atom is -0.320 e. The Morgan fingerprint density at radius 2 is 1.81 bits per heavy atom. The molecule has 1 unspecified atom stereocenters. The predicted molar refractivity (Wildman–Crippen MR) is 98.7 cm³/mol. The van der Waals surface area contributed by atoms with Crippen molar-refractivity contribution in [3.8, 4) is 11.3 Å². The molecule has 0 aliphatic carbocycles. The van der Waals surface area contributed by atoms with Crippen molar-refractivity contribution in [1.29, 1.82) is 0 Å². The Balaban J connectivity index is 1.97. The molecular formula is C20H26F3N3. The zero-order chi connectivity index (χ0) is 19.0. The van der Waals surface area contributed by atoms with Gasteiger partial charge in [-0.25, -0.2) is 0 Å². The Labute approximate surface area is 153 Å². The van der Waals surface area contributed by atoms with Crippen LogP contribution in [0.15, 0.2) is 42.5 Å². The predicted octanol–water partition coefficient (Wildman–Crippen LogP) is 4.49. The highest BCUT2D eigenvalue weighted by atomic mass is 19.4. The summed E-state index contributed by atoms with van der Waals surface area (Å²) in [6, 6.07) is 10.7. The van der Waals surface area contributed by atoms with Crippen LogP contribution in [-0.2, 0) is 12.7 Å². The van der Waals surface area contributed by atoms with E-state index in [1.807, 2.05) is 25.2 Å². The Bertz CT molecular complexity index is 669. The fourth-order valence-electron chi connectivity index (χ4n) is 2.77. The zero-order valence-electron chi connectivity index (χ0n) is 15.2. The number of rotatable bonds is 9. The van der Waals surface area contributed by atoms with Crippen molar-refractivity contribution in [1.82, 2.24) is 15.6 Å². The average molecular weight is 365 g/mol. The first-order chi connectivity index (χ1) is 12.4. The summed E-state index contributed by atoms with van der Waals surface area (Å²) in [5, 5.41) is 6.60. The van der Waals surface area contributed by atoms with E-state index < -0.39 is 11.7 Å². The van der Waals surface area contributed by atoms with Gasteiger partial charge < -0.3 is 10.6 Å². The van der Waals surface area contributed by atoms with Gasteiger partial charge in [0.1, 0.15) is 0 Å². The molecule has 0 aliphatic rings. The monoisotopic (exact) mass is 365 g/mol. The van der Waals surface area contributed by atoms with E-state index in [-0.39, 0.29) is 0 Å². The molecule has 0 fully saturated rings. The van der Waals surface area contributed by atoms with Crippen molar-refractivity contribution in [3.63, 3.8) is 0 Å². The zero-order valence-corrected chi connectivity index (χ0v) is 15.2. The molecule has 2 N–H and O–H groups in total. The Morgan fingerprint density at radius 1 is 1.08 bits per heavy atom. The maximum absolute atomic E-state index is 12.7. The highest BCUT2D eigenvalue weighted by Crippen LogP contribution is 2.30. The van der Waals surface area contributed by atoms with Crippen LogP contribution in [-0.4, -0.2) is 25.1 Å². The maximum Gasteiger partial charge on any atom is 0.416 e. The number of halogens is 3. The van der Waals surface area contributed by atoms with E-state index in [1.165, 1.54) is 12.1 Å². The van der Waals surface area contributed by atoms with Crippen molar-refractivity contribution in [2.24, 2.45) is 5.92 Å². The fraction of sp³-hybridized carbons (Fsp3) is 0.450. The first-order valence-corrected chi connectivity index (χ1v) is 8.93. The van der Waals surface area contributed by atoms with Crippen LogP contribution in [0.4, 0.5) is 13.2 Å². The van der Waals surface area contributed by atoms with Crippen LogP contribution in [0.25, 0.3) is 11.3 Å². The van der Waals surface area contributed by atoms with Gasteiger partial charge in [-0.15, -0.1) is 0 Å². The van der Waals surface area contributed by atoms with Crippen molar-refractivity contribution in [2.75, 3.05) is 20.1 Å². The second-order valence-electron chi connectivity index (χ2n) is 6.39. The van der Waals surface area contributed by atoms with Crippen molar-refractivity contribution in [2.45, 2.75) is 32.5 Å². The molecule has 6 heteroatoms. The fourth-order valence-corrected chi connectivity index (χ4v) is 2.77. The van der Waals surface area contributed by atoms with E-state index in [0.29, 0.717) is 23.7 Å². The maximum atomic E-state index is 12.7. The highest BCUT2D eigenvalue weighted by molar-refractivity contribution is 5.59. The lowest BCUT2D eigenvalue weighted by molar-refractivity contribution is -0.137. The lowest BCUT2D eigenvalue weighted by Crippen LogP contribution is -2.25. The number of aromatic nitrogens is 1. The van der Waals surface area contributed by atoms with Crippen LogP contribution in [0.5, 0.6) is 0 Å². The summed E-state index contributed by atoms with van der Waals surface area (Å²) >= 11 is 0. The van der Waals surface area contributed by atoms with Gasteiger partial charge >= 0.3 is 6.18 Å². The molecule has 2 aromatic rings. The smallest absolute Gasteiger partial charge is 0.320 e. The molecule has 26 heavy (non-hydrogen) atoms. The largest absolute Gasteiger partial charge is 0.416 e. The topological polar surface area (TPSA) is 37.0 Å². The van der Waals surface area contributed by atoms with Gasteiger partial charge in [0.15, 0.2) is 0 Å². The van der Waals surface area contributed by atoms with Crippen LogP contribution in [0.1, 0.15) is 31.0 Å². The highest BCUT2D eigenvalue weighted by Gasteiger charge is 2.29. The third-order valence-electron chi connectivity index (χ3n) is 4.43. The van der Waals surface area contributed by atoms with E-state index in [9.17, 15) is 13.2 Å². The lowest BCUT2D eigenvalue weighted by Gasteiger charge is -2.15. The summed E-state index contributed by atoms with van der Waals surface area (Å²) in [7, 11) is 1.96. The molecule has 0 radical (unpaired) electrons. The SMILES string of the molecule is CCC(CCNC)CNCc1cccc(-c2ccc(C(F)(F)F)cc2)n1. The van der Waals surface area contributed by atoms with Crippen molar-refractivity contribution >= 4 is 0 Å². The summed E-state index contributed by atoms with van der Waals surface area (Å²) in [4.78, 5) is 4.56. The first kappa shape index (κ1) is 20.4. The van der Waals surface area contributed by atoms with E-state index in [4.69, 9.17) is 0 Å². The molecule has 142 valence electrons. The Kier molecular flexibility index (Phi) is 7.60. The molecule has 0 amide bonds. The van der Waals surface area contributed by atoms with Gasteiger partial charge in [-0.1, -0.05) is 31.5 Å². The van der Waals surface area contributed by atoms with Gasteiger partial charge in [0, 0.05) is 12.1 Å². The van der Waals surface area contributed by atoms with Crippen LogP contribution in [0, 0.1) is 5.92 Å². The van der Waals surface area contributed by atoms with Crippen LogP contribution < -0.4 is 10.6 Å². The van der Waals surface area contributed by atoms with E-state index in [0.717, 1.165) is 43.8 Å². The molecule has 1 atom stereocenters. The van der Waals surface area contributed by atoms with Gasteiger partial charge in [-0.2, -0.15) is 13.2 Å². The minimum atomic E-state index is -4.32.